The molecule has 0 radical (unpaired) electrons. The number of nitrogens with one attached hydrogen (secondary N) is 1. The van der Waals surface area contributed by atoms with Gasteiger partial charge in [0.1, 0.15) is 0 Å². The Morgan fingerprint density at radius 2 is 2.10 bits per heavy atom. The first kappa shape index (κ1) is 5.97. The van der Waals surface area contributed by atoms with Crippen LogP contribution in [0.15, 0.2) is 0 Å². The fourth-order valence-electron chi connectivity index (χ4n) is 1.62. The molecule has 2 amide bonds. The minimum absolute atomic E-state index is 0.311. The number of amides is 2. The van der Waals surface area contributed by atoms with E-state index in [-0.39, 0.29) is 0 Å². The summed E-state index contributed by atoms with van der Waals surface area (Å²) < 4.78 is 5.13. The van der Waals surface area contributed by atoms with Gasteiger partial charge in [-0.15, -0.1) is 0 Å². The Labute approximate surface area is 58.7 Å². The van der Waals surface area contributed by atoms with Crippen molar-refractivity contribution in [2.75, 3.05) is 13.2 Å². The molecule has 1 heterocycles. The molecule has 0 aromatic rings. The largest absolute Gasteiger partial charge is 0.381 e. The van der Waals surface area contributed by atoms with Gasteiger partial charge in [0.15, 0.2) is 0 Å². The van der Waals surface area contributed by atoms with Crippen LogP contribution in [-0.4, -0.2) is 25.3 Å². The number of rotatable bonds is 1. The average Bonchev–Trinajstić information content (AvgIpc) is 2.40. The molecule has 1 saturated carbocycles. The summed E-state index contributed by atoms with van der Waals surface area (Å²) in [7, 11) is 0. The number of fused-ring (bicyclic) bond motifs is 1. The quantitative estimate of drug-likeness (QED) is 0.508. The van der Waals surface area contributed by atoms with Crippen LogP contribution < -0.4 is 11.1 Å². The second-order valence-electron chi connectivity index (χ2n) is 2.90. The van der Waals surface area contributed by atoms with Crippen LogP contribution in [0.1, 0.15) is 0 Å². The molecule has 4 heteroatoms. The van der Waals surface area contributed by atoms with Crippen LogP contribution in [0.4, 0.5) is 4.79 Å². The molecule has 0 aromatic carbocycles. The number of nitrogens with two attached hydrogens (primary N) is 1. The Bertz CT molecular complexity index is 161. The van der Waals surface area contributed by atoms with Crippen molar-refractivity contribution < 1.29 is 9.53 Å². The Balaban J connectivity index is 1.84. The van der Waals surface area contributed by atoms with E-state index in [1.165, 1.54) is 0 Å². The molecule has 1 aliphatic heterocycles. The summed E-state index contributed by atoms with van der Waals surface area (Å²) in [6, 6.07) is -0.106. The smallest absolute Gasteiger partial charge is 0.312 e. The van der Waals surface area contributed by atoms with Gasteiger partial charge in [0.25, 0.3) is 0 Å². The van der Waals surface area contributed by atoms with Crippen LogP contribution in [0.3, 0.4) is 0 Å². The predicted octanol–water partition coefficient (Wildman–Crippen LogP) is -0.701. The van der Waals surface area contributed by atoms with E-state index < -0.39 is 6.03 Å². The van der Waals surface area contributed by atoms with E-state index in [1.54, 1.807) is 0 Å². The van der Waals surface area contributed by atoms with Crippen LogP contribution in [0.25, 0.3) is 0 Å². The molecular weight excluding hydrogens is 132 g/mol. The number of urea groups is 1. The highest BCUT2D eigenvalue weighted by molar-refractivity contribution is 5.72. The van der Waals surface area contributed by atoms with Crippen molar-refractivity contribution in [2.45, 2.75) is 6.04 Å². The first-order valence-electron chi connectivity index (χ1n) is 3.43. The second kappa shape index (κ2) is 1.85. The van der Waals surface area contributed by atoms with Crippen molar-refractivity contribution in [2.24, 2.45) is 17.6 Å². The minimum Gasteiger partial charge on any atom is -0.381 e. The maximum absolute atomic E-state index is 10.4. The Morgan fingerprint density at radius 3 is 2.60 bits per heavy atom. The van der Waals surface area contributed by atoms with Gasteiger partial charge in [-0.25, -0.2) is 4.79 Å². The fraction of sp³-hybridized carbons (Fsp3) is 0.833. The molecule has 2 rings (SSSR count). The average molecular weight is 142 g/mol. The second-order valence-corrected chi connectivity index (χ2v) is 2.90. The van der Waals surface area contributed by atoms with Crippen LogP contribution in [0.2, 0.25) is 0 Å². The van der Waals surface area contributed by atoms with Crippen molar-refractivity contribution in [1.82, 2.24) is 5.32 Å². The van der Waals surface area contributed by atoms with Gasteiger partial charge >= 0.3 is 6.03 Å². The lowest BCUT2D eigenvalue weighted by atomic mass is 10.4. The van der Waals surface area contributed by atoms with Gasteiger partial charge in [-0.3, -0.25) is 0 Å². The molecule has 0 aromatic heterocycles. The SMILES string of the molecule is NC(=O)N[C@H]1[C@@H]2COC[C@@H]21. The lowest BCUT2D eigenvalue weighted by Gasteiger charge is -2.02. The van der Waals surface area contributed by atoms with Crippen LogP contribution in [-0.2, 0) is 4.74 Å². The molecule has 3 atom stereocenters. The Hall–Kier alpha value is -0.770. The summed E-state index contributed by atoms with van der Waals surface area (Å²) in [5.41, 5.74) is 4.95. The normalized spacial score (nSPS) is 42.6. The third-order valence-electron chi connectivity index (χ3n) is 2.26. The molecule has 2 fully saturated rings. The number of carbonyl (C=O) groups is 1. The number of hydrogen-bond acceptors (Lipinski definition) is 2. The first-order chi connectivity index (χ1) is 4.79. The highest BCUT2D eigenvalue weighted by atomic mass is 16.5. The van der Waals surface area contributed by atoms with E-state index >= 15 is 0 Å². The number of primary amides is 1. The lowest BCUT2D eigenvalue weighted by molar-refractivity contribution is 0.156. The zero-order valence-electron chi connectivity index (χ0n) is 5.54. The third kappa shape index (κ3) is 0.759. The summed E-state index contributed by atoms with van der Waals surface area (Å²) in [6.07, 6.45) is 0. The van der Waals surface area contributed by atoms with Gasteiger partial charge in [-0.2, -0.15) is 0 Å². The molecule has 0 bridgehead atoms. The predicted molar refractivity (Wildman–Crippen MR) is 34.3 cm³/mol. The molecular formula is C6H10N2O2. The molecule has 1 saturated heterocycles. The number of ether oxygens (including phenoxy) is 1. The molecule has 0 unspecified atom stereocenters. The van der Waals surface area contributed by atoms with Gasteiger partial charge in [0.2, 0.25) is 0 Å². The Kier molecular flexibility index (Phi) is 1.11. The van der Waals surface area contributed by atoms with Gasteiger partial charge in [0, 0.05) is 17.9 Å². The van der Waals surface area contributed by atoms with E-state index in [4.69, 9.17) is 10.5 Å². The molecule has 56 valence electrons. The van der Waals surface area contributed by atoms with Crippen molar-refractivity contribution in [3.63, 3.8) is 0 Å². The van der Waals surface area contributed by atoms with Gasteiger partial charge in [-0.05, 0) is 0 Å². The van der Waals surface area contributed by atoms with E-state index in [9.17, 15) is 4.79 Å². The molecule has 0 spiro atoms. The fourth-order valence-corrected chi connectivity index (χ4v) is 1.62. The van der Waals surface area contributed by atoms with E-state index in [0.717, 1.165) is 13.2 Å². The maximum atomic E-state index is 10.4. The standard InChI is InChI=1S/C6H10N2O2/c7-6(9)8-5-3-1-10-2-4(3)5/h3-5H,1-2H2,(H3,7,8,9)/t3-,4+,5+. The van der Waals surface area contributed by atoms with E-state index in [1.807, 2.05) is 0 Å². The van der Waals surface area contributed by atoms with Crippen molar-refractivity contribution in [3.05, 3.63) is 0 Å². The summed E-state index contributed by atoms with van der Waals surface area (Å²) in [4.78, 5) is 10.4. The van der Waals surface area contributed by atoms with Crippen molar-refractivity contribution in [1.29, 1.82) is 0 Å². The van der Waals surface area contributed by atoms with Crippen molar-refractivity contribution in [3.8, 4) is 0 Å². The van der Waals surface area contributed by atoms with Gasteiger partial charge < -0.3 is 15.8 Å². The third-order valence-corrected chi connectivity index (χ3v) is 2.26. The topological polar surface area (TPSA) is 64.4 Å². The van der Waals surface area contributed by atoms with Crippen molar-refractivity contribution >= 4 is 6.03 Å². The number of carbonyl (C=O) groups excluding carboxylic acids is 1. The molecule has 3 N–H and O–H groups in total. The molecule has 4 nitrogen and oxygen atoms in total. The van der Waals surface area contributed by atoms with E-state index in [2.05, 4.69) is 5.32 Å². The van der Waals surface area contributed by atoms with Gasteiger partial charge in [0.05, 0.1) is 13.2 Å². The molecule has 10 heavy (non-hydrogen) atoms. The summed E-state index contributed by atoms with van der Waals surface area (Å²) in [5.74, 6) is 1.10. The van der Waals surface area contributed by atoms with E-state index in [0.29, 0.717) is 17.9 Å². The molecule has 1 aliphatic carbocycles. The molecule has 2 aliphatic rings. The summed E-state index contributed by atoms with van der Waals surface area (Å²) in [5, 5.41) is 2.68. The maximum Gasteiger partial charge on any atom is 0.312 e. The van der Waals surface area contributed by atoms with Gasteiger partial charge in [-0.1, -0.05) is 0 Å². The summed E-state index contributed by atoms with van der Waals surface area (Å²) in [6.45, 7) is 1.57. The zero-order chi connectivity index (χ0) is 7.14. The highest BCUT2D eigenvalue weighted by Crippen LogP contribution is 2.43. The monoisotopic (exact) mass is 142 g/mol. The van der Waals surface area contributed by atoms with Crippen LogP contribution in [0.5, 0.6) is 0 Å². The zero-order valence-corrected chi connectivity index (χ0v) is 5.54. The Morgan fingerprint density at radius 1 is 1.50 bits per heavy atom. The highest BCUT2D eigenvalue weighted by Gasteiger charge is 2.54. The first-order valence-corrected chi connectivity index (χ1v) is 3.43. The number of hydrogen-bond donors (Lipinski definition) is 2. The minimum atomic E-state index is -0.417. The van der Waals surface area contributed by atoms with Crippen LogP contribution in [0, 0.1) is 11.8 Å². The summed E-state index contributed by atoms with van der Waals surface area (Å²) >= 11 is 0. The van der Waals surface area contributed by atoms with Crippen LogP contribution >= 0.6 is 0 Å². The lowest BCUT2D eigenvalue weighted by Crippen LogP contribution is -2.34.